The second kappa shape index (κ2) is 18.7. The van der Waals surface area contributed by atoms with Crippen LogP contribution in [-0.4, -0.2) is 50.7 Å². The summed E-state index contributed by atoms with van der Waals surface area (Å²) in [5.41, 5.74) is 7.42. The van der Waals surface area contributed by atoms with Crippen LogP contribution in [-0.2, 0) is 11.3 Å². The van der Waals surface area contributed by atoms with Gasteiger partial charge in [0.15, 0.2) is 34.6 Å². The molecule has 0 saturated carbocycles. The molecule has 0 unspecified atom stereocenters. The number of phenolic OH excluding ortho intramolecular Hbond substituents is 1. The molecule has 14 heteroatoms. The van der Waals surface area contributed by atoms with Gasteiger partial charge in [0, 0.05) is 5.56 Å². The number of aromatic nitrogens is 3. The number of aromatic hydroxyl groups is 1. The molecule has 0 fully saturated rings. The Bertz CT molecular complexity index is 2380. The number of carbonyl (C=O) groups excluding carboxylic acids is 2. The molecule has 0 bridgehead atoms. The number of rotatable bonds is 7. The molecule has 268 valence electrons. The maximum atomic E-state index is 12.0. The van der Waals surface area contributed by atoms with Crippen LogP contribution < -0.4 is 48.5 Å². The van der Waals surface area contributed by atoms with Crippen LogP contribution in [0.3, 0.4) is 0 Å². The average molecular weight is 770 g/mol. The van der Waals surface area contributed by atoms with Gasteiger partial charge in [-0.05, 0) is 135 Å². The first-order valence-corrected chi connectivity index (χ1v) is 18.0. The topological polar surface area (TPSA) is 152 Å². The molecule has 0 aliphatic carbocycles. The van der Waals surface area contributed by atoms with E-state index in [0.717, 1.165) is 50.3 Å². The van der Waals surface area contributed by atoms with Crippen LogP contribution in [0.15, 0.2) is 119 Å². The molecule has 2 aliphatic rings. The minimum atomic E-state index is -0.0421. The number of allylic oxidation sites excluding steroid dienone is 1. The van der Waals surface area contributed by atoms with Crippen molar-refractivity contribution in [3.8, 4) is 51.0 Å². The molecule has 54 heavy (non-hydrogen) atoms. The van der Waals surface area contributed by atoms with Crippen molar-refractivity contribution in [1.29, 1.82) is 0 Å². The zero-order chi connectivity index (χ0) is 35.9. The fraction of sp³-hybridized carbons (Fsp3) is 0.100. The van der Waals surface area contributed by atoms with E-state index in [1.807, 2.05) is 76.8 Å². The van der Waals surface area contributed by atoms with Gasteiger partial charge in [0.25, 0.3) is 0 Å². The normalized spacial score (nSPS) is 11.8. The molecular weight excluding hydrogens is 738 g/mol. The third kappa shape index (κ3) is 9.82. The Hall–Kier alpha value is -5.28. The van der Waals surface area contributed by atoms with Gasteiger partial charge >= 0.3 is 29.6 Å². The third-order valence-corrected chi connectivity index (χ3v) is 9.28. The van der Waals surface area contributed by atoms with Crippen molar-refractivity contribution in [1.82, 2.24) is 15.0 Å². The Morgan fingerprint density at radius 3 is 2.13 bits per heavy atom. The molecule has 0 saturated heterocycles. The van der Waals surface area contributed by atoms with E-state index in [1.54, 1.807) is 63.8 Å². The predicted molar refractivity (Wildman–Crippen MR) is 203 cm³/mol. The minimum absolute atomic E-state index is 0. The van der Waals surface area contributed by atoms with Gasteiger partial charge in [-0.3, -0.25) is 9.59 Å². The molecular formula is C40H32N3NaO8S2. The Labute approximate surface area is 340 Å². The summed E-state index contributed by atoms with van der Waals surface area (Å²) in [7, 11) is 0. The molecule has 11 nitrogen and oxygen atoms in total. The van der Waals surface area contributed by atoms with Crippen molar-refractivity contribution in [2.24, 2.45) is 0 Å². The van der Waals surface area contributed by atoms with E-state index >= 15 is 0 Å². The van der Waals surface area contributed by atoms with E-state index in [9.17, 15) is 14.7 Å². The van der Waals surface area contributed by atoms with E-state index in [4.69, 9.17) is 18.9 Å². The molecule has 7 aromatic rings. The molecule has 0 amide bonds. The van der Waals surface area contributed by atoms with Crippen LogP contribution in [0.4, 0.5) is 0 Å². The zero-order valence-electron chi connectivity index (χ0n) is 29.2. The van der Waals surface area contributed by atoms with Crippen molar-refractivity contribution < 1.29 is 68.7 Å². The maximum absolute atomic E-state index is 12.0. The second-order valence-corrected chi connectivity index (χ2v) is 13.2. The van der Waals surface area contributed by atoms with Gasteiger partial charge < -0.3 is 29.5 Å². The van der Waals surface area contributed by atoms with E-state index in [2.05, 4.69) is 21.8 Å². The summed E-state index contributed by atoms with van der Waals surface area (Å²) in [5, 5.41) is 25.9. The van der Waals surface area contributed by atoms with Crippen molar-refractivity contribution in [3.63, 3.8) is 0 Å². The Morgan fingerprint density at radius 2 is 1.43 bits per heavy atom. The summed E-state index contributed by atoms with van der Waals surface area (Å²) >= 11 is 3.24. The zero-order valence-corrected chi connectivity index (χ0v) is 32.9. The summed E-state index contributed by atoms with van der Waals surface area (Å²) in [6, 6.07) is 28.2. The van der Waals surface area contributed by atoms with Crippen LogP contribution in [0.2, 0.25) is 0 Å². The Morgan fingerprint density at radius 1 is 0.759 bits per heavy atom. The Kier molecular flexibility index (Phi) is 13.8. The number of ether oxygens (including phenoxy) is 4. The van der Waals surface area contributed by atoms with Gasteiger partial charge in [-0.1, -0.05) is 29.5 Å². The number of thiophene rings is 2. The molecule has 4 aromatic carbocycles. The summed E-state index contributed by atoms with van der Waals surface area (Å²) < 4.78 is 22.8. The van der Waals surface area contributed by atoms with Crippen molar-refractivity contribution in [3.05, 3.63) is 130 Å². The number of phenols is 1. The maximum Gasteiger partial charge on any atom is 1.00 e. The smallest absolute Gasteiger partial charge is 0.870 e. The fourth-order valence-corrected chi connectivity index (χ4v) is 6.68. The van der Waals surface area contributed by atoms with Crippen molar-refractivity contribution in [2.75, 3.05) is 13.6 Å². The number of Topliss-reactive ketones (excluding diaryl/α,β-unsaturated/α-hetero) is 1. The first-order valence-electron chi connectivity index (χ1n) is 16.1. The van der Waals surface area contributed by atoms with Crippen molar-refractivity contribution >= 4 is 51.3 Å². The summed E-state index contributed by atoms with van der Waals surface area (Å²) in [5.74, 6) is 3.12. The van der Waals surface area contributed by atoms with Crippen LogP contribution in [0.5, 0.6) is 28.7 Å². The second-order valence-electron chi connectivity index (χ2n) is 11.6. The van der Waals surface area contributed by atoms with Gasteiger partial charge in [0.2, 0.25) is 13.6 Å². The SMILES string of the molecule is CC(=O)Cn1nnc2ccccc21.O=C(/C=C/c1ccsc1)c1ccc2c(c1)OCO2.Oc1cc(-c2ccsc2)cc(-c2ccc3c(c2)OCO3)c1.[Na+].[OH-]. The first kappa shape index (κ1) is 39.9. The number of fused-ring (bicyclic) bond motifs is 3. The molecule has 0 spiro atoms. The Balaban J connectivity index is 0.000000157. The molecule has 9 rings (SSSR count). The standard InChI is InChI=1S/C17H12O3S.C14H10O3S.C9H9N3O.Na.H2O/c18-15-6-13(5-14(7-15)12-3-4-21-9-12)11-1-2-16-17(8-11)20-10-19-16;15-12(3-1-10-5-6-18-8-10)11-2-4-13-14(7-11)17-9-16-13;1-7(13)6-12-9-5-3-2-4-8(9)10-11-12;;/h1-9,18H,10H2;1-8H,9H2;2-5H,6H2,1H3;;1H2/q;;;+1;/p-1/b;3-1+;;;. The van der Waals surface area contributed by atoms with E-state index in [0.29, 0.717) is 23.6 Å². The first-order chi connectivity index (χ1) is 25.4. The number of nitrogens with zero attached hydrogens (tertiary/aromatic N) is 3. The molecule has 2 N–H and O–H groups in total. The average Bonchev–Trinajstić information content (AvgIpc) is 4.01. The number of para-hydroxylation sites is 1. The summed E-state index contributed by atoms with van der Waals surface area (Å²) in [4.78, 5) is 22.8. The predicted octanol–water partition coefficient (Wildman–Crippen LogP) is 5.74. The summed E-state index contributed by atoms with van der Waals surface area (Å²) in [6.07, 6.45) is 3.38. The van der Waals surface area contributed by atoms with Gasteiger partial charge in [0.1, 0.15) is 17.8 Å². The van der Waals surface area contributed by atoms with Gasteiger partial charge in [-0.25, -0.2) is 4.68 Å². The summed E-state index contributed by atoms with van der Waals surface area (Å²) in [6.45, 7) is 2.31. The third-order valence-electron chi connectivity index (χ3n) is 7.90. The molecule has 2 aliphatic heterocycles. The van der Waals surface area contributed by atoms with Crippen molar-refractivity contribution in [2.45, 2.75) is 13.5 Å². The molecule has 5 heterocycles. The molecule has 0 radical (unpaired) electrons. The van der Waals surface area contributed by atoms with Crippen LogP contribution in [0.25, 0.3) is 39.4 Å². The van der Waals surface area contributed by atoms with Crippen LogP contribution in [0.1, 0.15) is 22.8 Å². The number of hydrogen-bond donors (Lipinski definition) is 1. The number of ketones is 2. The molecule has 0 atom stereocenters. The van der Waals surface area contributed by atoms with E-state index in [-0.39, 0.29) is 65.9 Å². The fourth-order valence-electron chi connectivity index (χ4n) is 5.38. The number of hydrogen-bond acceptors (Lipinski definition) is 12. The van der Waals surface area contributed by atoms with Gasteiger partial charge in [-0.15, -0.1) is 5.10 Å². The number of carbonyl (C=O) groups is 2. The van der Waals surface area contributed by atoms with Gasteiger partial charge in [-0.2, -0.15) is 22.7 Å². The monoisotopic (exact) mass is 769 g/mol. The molecule has 3 aromatic heterocycles. The van der Waals surface area contributed by atoms with Gasteiger partial charge in [0.05, 0.1) is 5.52 Å². The van der Waals surface area contributed by atoms with E-state index < -0.39 is 0 Å². The quantitative estimate of drug-likeness (QED) is 0.121. The minimum Gasteiger partial charge on any atom is -0.870 e. The largest absolute Gasteiger partial charge is 1.00 e. The number of benzene rings is 4. The van der Waals surface area contributed by atoms with E-state index in [1.165, 1.54) is 6.92 Å². The van der Waals surface area contributed by atoms with Crippen LogP contribution in [0, 0.1) is 0 Å². The van der Waals surface area contributed by atoms with Crippen LogP contribution >= 0.6 is 22.7 Å².